The van der Waals surface area contributed by atoms with Gasteiger partial charge in [-0.2, -0.15) is 19.6 Å². The van der Waals surface area contributed by atoms with Crippen molar-refractivity contribution in [2.45, 2.75) is 58.7 Å². The number of unbranched alkanes of at least 4 members (excludes halogenated alkanes) is 1. The summed E-state index contributed by atoms with van der Waals surface area (Å²) in [6, 6.07) is 6.39. The van der Waals surface area contributed by atoms with Gasteiger partial charge in [0.05, 0.1) is 41.5 Å². The van der Waals surface area contributed by atoms with Gasteiger partial charge in [0.1, 0.15) is 11.4 Å². The number of halogens is 1. The lowest BCUT2D eigenvalue weighted by Crippen LogP contribution is -2.37. The molecule has 0 atom stereocenters. The maximum absolute atomic E-state index is 12.1. The Kier molecular flexibility index (Phi) is 10.4. The molecule has 1 aliphatic heterocycles. The number of aromatic nitrogens is 6. The van der Waals surface area contributed by atoms with Crippen molar-refractivity contribution < 1.29 is 14.3 Å². The summed E-state index contributed by atoms with van der Waals surface area (Å²) in [4.78, 5) is 29.0. The lowest BCUT2D eigenvalue weighted by Gasteiger charge is -2.27. The van der Waals surface area contributed by atoms with Gasteiger partial charge < -0.3 is 29.6 Å². The summed E-state index contributed by atoms with van der Waals surface area (Å²) in [5, 5.41) is 10.9. The number of aryl methyl sites for hydroxylation is 1. The van der Waals surface area contributed by atoms with E-state index in [1.807, 2.05) is 20.8 Å². The first-order valence-corrected chi connectivity index (χ1v) is 19.3. The van der Waals surface area contributed by atoms with Gasteiger partial charge in [0.2, 0.25) is 11.9 Å². The first-order chi connectivity index (χ1) is 21.4. The number of ether oxygens (including phenoxy) is 2. The number of imidazole rings is 1. The molecule has 1 saturated heterocycles. The molecule has 4 aromatic rings. The third-order valence-electron chi connectivity index (χ3n) is 7.37. The number of hydrogen-bond acceptors (Lipinski definition) is 9. The van der Waals surface area contributed by atoms with E-state index in [2.05, 4.69) is 78.1 Å². The van der Waals surface area contributed by atoms with Crippen LogP contribution in [0.2, 0.25) is 0 Å². The zero-order valence-electron chi connectivity index (χ0n) is 27.2. The second kappa shape index (κ2) is 14.1. The number of rotatable bonds is 12. The topological polar surface area (TPSA) is 124 Å². The Bertz CT molecular complexity index is 1620. The normalized spacial score (nSPS) is 14.7. The molecular formula is C31H46BrN9O3S. The summed E-state index contributed by atoms with van der Waals surface area (Å²) < 4.78 is 15.8. The van der Waals surface area contributed by atoms with Crippen LogP contribution < -0.4 is 15.5 Å². The van der Waals surface area contributed by atoms with Crippen molar-refractivity contribution in [2.24, 2.45) is 0 Å². The minimum atomic E-state index is -0.543. The zero-order chi connectivity index (χ0) is 32.2. The molecule has 2 N–H and O–H groups in total. The molecule has 1 fully saturated rings. The fourth-order valence-corrected chi connectivity index (χ4v) is 6.63. The molecular weight excluding hydrogens is 658 g/mol. The highest BCUT2D eigenvalue weighted by atomic mass is 79.9. The van der Waals surface area contributed by atoms with Crippen LogP contribution in [0.5, 0.6) is 0 Å². The zero-order valence-corrected chi connectivity index (χ0v) is 29.6. The number of nitrogens with one attached hydrogen (secondary N) is 2. The van der Waals surface area contributed by atoms with Gasteiger partial charge in [-0.05, 0) is 98.2 Å². The molecule has 1 amide bonds. The summed E-state index contributed by atoms with van der Waals surface area (Å²) in [5.41, 5.74) is 3.32. The van der Waals surface area contributed by atoms with Crippen LogP contribution in [-0.4, -0.2) is 98.2 Å². The minimum Gasteiger partial charge on any atom is -0.444 e. The van der Waals surface area contributed by atoms with Gasteiger partial charge in [-0.15, -0.1) is 0 Å². The molecule has 45 heavy (non-hydrogen) atoms. The van der Waals surface area contributed by atoms with E-state index in [9.17, 15) is 4.79 Å². The van der Waals surface area contributed by atoms with Gasteiger partial charge in [-0.1, -0.05) is 6.07 Å². The standard InChI is InChI=1S/C31H46BrN9O3S/c1-31(2,3)44-30(42)33-12-11-22-9-10-25-24(19-22)36-26(40(25)13-7-8-18-45(4,5)6)21-34-28-38-29(39-14-16-43-17-15-39)37-27-23(32)20-35-41(27)28/h9-10,19-20H,7-8,11-18,21H2,1-6H3,(H,33,42)(H,34,37,38). The molecule has 5 rings (SSSR count). The molecule has 0 radical (unpaired) electrons. The number of fused-ring (bicyclic) bond motifs is 2. The lowest BCUT2D eigenvalue weighted by atomic mass is 10.1. The molecule has 4 heterocycles. The third-order valence-corrected chi connectivity index (χ3v) is 9.45. The molecule has 0 bridgehead atoms. The Balaban J connectivity index is 1.37. The number of morpholine rings is 1. The van der Waals surface area contributed by atoms with E-state index < -0.39 is 21.7 Å². The molecule has 1 aromatic carbocycles. The van der Waals surface area contributed by atoms with Crippen molar-refractivity contribution in [2.75, 3.05) is 67.6 Å². The summed E-state index contributed by atoms with van der Waals surface area (Å²) in [7, 11) is -0.543. The van der Waals surface area contributed by atoms with Crippen LogP contribution in [0.15, 0.2) is 28.9 Å². The highest BCUT2D eigenvalue weighted by molar-refractivity contribution is 9.10. The molecule has 0 saturated carbocycles. The number of amides is 1. The minimum absolute atomic E-state index is 0.405. The van der Waals surface area contributed by atoms with Crippen LogP contribution in [0.4, 0.5) is 16.7 Å². The fraction of sp³-hybridized carbons (Fsp3) is 0.581. The average molecular weight is 705 g/mol. The Morgan fingerprint density at radius 2 is 1.89 bits per heavy atom. The Labute approximate surface area is 275 Å². The van der Waals surface area contributed by atoms with Crippen LogP contribution in [0.3, 0.4) is 0 Å². The van der Waals surface area contributed by atoms with E-state index in [1.165, 1.54) is 12.2 Å². The monoisotopic (exact) mass is 703 g/mol. The van der Waals surface area contributed by atoms with Crippen molar-refractivity contribution >= 4 is 60.6 Å². The van der Waals surface area contributed by atoms with E-state index in [4.69, 9.17) is 24.4 Å². The van der Waals surface area contributed by atoms with Gasteiger partial charge >= 0.3 is 6.09 Å². The molecule has 0 unspecified atom stereocenters. The fourth-order valence-electron chi connectivity index (χ4n) is 5.21. The average Bonchev–Trinajstić information content (AvgIpc) is 3.52. The largest absolute Gasteiger partial charge is 0.444 e. The number of benzene rings is 1. The third kappa shape index (κ3) is 9.01. The van der Waals surface area contributed by atoms with Crippen LogP contribution in [0.25, 0.3) is 16.7 Å². The molecule has 1 aliphatic rings. The molecule has 0 aliphatic carbocycles. The maximum atomic E-state index is 12.1. The predicted molar refractivity (Wildman–Crippen MR) is 186 cm³/mol. The summed E-state index contributed by atoms with van der Waals surface area (Å²) in [6.45, 7) is 10.2. The van der Waals surface area contributed by atoms with Crippen molar-refractivity contribution in [3.05, 3.63) is 40.3 Å². The Hall–Kier alpha value is -3.10. The van der Waals surface area contributed by atoms with Gasteiger partial charge in [0, 0.05) is 26.2 Å². The van der Waals surface area contributed by atoms with Crippen molar-refractivity contribution in [1.82, 2.24) is 34.4 Å². The Morgan fingerprint density at radius 3 is 2.62 bits per heavy atom. The maximum Gasteiger partial charge on any atom is 0.407 e. The number of carbonyl (C=O) groups is 1. The van der Waals surface area contributed by atoms with E-state index in [0.717, 1.165) is 52.9 Å². The smallest absolute Gasteiger partial charge is 0.407 e. The molecule has 14 heteroatoms. The van der Waals surface area contributed by atoms with Crippen LogP contribution >= 0.6 is 26.0 Å². The number of nitrogens with zero attached hydrogens (tertiary/aromatic N) is 7. The first-order valence-electron chi connectivity index (χ1n) is 15.4. The van der Waals surface area contributed by atoms with E-state index in [0.29, 0.717) is 50.3 Å². The van der Waals surface area contributed by atoms with Crippen LogP contribution in [0.1, 0.15) is 45.0 Å². The van der Waals surface area contributed by atoms with Gasteiger partial charge in [-0.25, -0.2) is 19.8 Å². The highest BCUT2D eigenvalue weighted by Crippen LogP contribution is 2.35. The second-order valence-corrected chi connectivity index (χ2v) is 18.7. The van der Waals surface area contributed by atoms with Gasteiger partial charge in [0.25, 0.3) is 0 Å². The SMILES string of the molecule is CC(C)(C)OC(=O)NCCc1ccc2c(c1)nc(CNc1nc(N3CCOCC3)nc3c(Br)cnn13)n2CCCCS(C)(C)C. The second-order valence-electron chi connectivity index (χ2n) is 13.2. The highest BCUT2D eigenvalue weighted by Gasteiger charge is 2.20. The Morgan fingerprint density at radius 1 is 1.11 bits per heavy atom. The molecule has 12 nitrogen and oxygen atoms in total. The summed E-state index contributed by atoms with van der Waals surface area (Å²) >= 11 is 3.59. The number of alkyl carbamates (subject to hydrolysis) is 1. The van der Waals surface area contributed by atoms with Gasteiger partial charge in [0.15, 0.2) is 5.65 Å². The van der Waals surface area contributed by atoms with Gasteiger partial charge in [-0.3, -0.25) is 0 Å². The summed E-state index contributed by atoms with van der Waals surface area (Å²) in [6.07, 6.45) is 11.4. The van der Waals surface area contributed by atoms with E-state index >= 15 is 0 Å². The van der Waals surface area contributed by atoms with E-state index in [1.54, 1.807) is 10.7 Å². The van der Waals surface area contributed by atoms with Crippen molar-refractivity contribution in [1.29, 1.82) is 0 Å². The van der Waals surface area contributed by atoms with Crippen LogP contribution in [0, 0.1) is 0 Å². The lowest BCUT2D eigenvalue weighted by molar-refractivity contribution is 0.0528. The number of anilines is 2. The summed E-state index contributed by atoms with van der Waals surface area (Å²) in [5.74, 6) is 3.44. The van der Waals surface area contributed by atoms with Crippen molar-refractivity contribution in [3.8, 4) is 0 Å². The number of hydrogen-bond donors (Lipinski definition) is 2. The number of carbonyl (C=O) groups excluding carboxylic acids is 1. The predicted octanol–water partition coefficient (Wildman–Crippen LogP) is 5.23. The molecule has 3 aromatic heterocycles. The first kappa shape index (κ1) is 33.3. The molecule has 246 valence electrons. The van der Waals surface area contributed by atoms with E-state index in [-0.39, 0.29) is 0 Å². The van der Waals surface area contributed by atoms with Crippen molar-refractivity contribution in [3.63, 3.8) is 0 Å². The molecule has 0 spiro atoms. The quantitative estimate of drug-likeness (QED) is 0.191. The van der Waals surface area contributed by atoms with Crippen LogP contribution in [-0.2, 0) is 29.0 Å².